The van der Waals surface area contributed by atoms with E-state index in [2.05, 4.69) is 20.4 Å². The number of nitrogen functional groups attached to an aromatic ring is 1. The largest absolute Gasteiger partial charge is 0.436 e. The highest BCUT2D eigenvalue weighted by Gasteiger charge is 2.48. The van der Waals surface area contributed by atoms with Crippen LogP contribution in [0.3, 0.4) is 0 Å². The van der Waals surface area contributed by atoms with E-state index in [1.807, 2.05) is 0 Å². The van der Waals surface area contributed by atoms with Gasteiger partial charge in [0, 0.05) is 18.9 Å². The summed E-state index contributed by atoms with van der Waals surface area (Å²) in [7, 11) is 0. The molecule has 0 bridgehead atoms. The molecule has 5 rings (SSSR count). The van der Waals surface area contributed by atoms with Crippen molar-refractivity contribution in [3.63, 3.8) is 0 Å². The van der Waals surface area contributed by atoms with Gasteiger partial charge >= 0.3 is 6.09 Å². The first-order chi connectivity index (χ1) is 16.3. The van der Waals surface area contributed by atoms with Crippen molar-refractivity contribution in [3.8, 4) is 11.5 Å². The monoisotopic (exact) mass is 505 g/mol. The fourth-order valence-electron chi connectivity index (χ4n) is 4.35. The van der Waals surface area contributed by atoms with E-state index >= 15 is 4.39 Å². The zero-order valence-corrected chi connectivity index (χ0v) is 19.1. The second-order valence-corrected chi connectivity index (χ2v) is 8.77. The van der Waals surface area contributed by atoms with Crippen LogP contribution in [0.5, 0.6) is 0 Å². The Balaban J connectivity index is 1.43. The van der Waals surface area contributed by atoms with Gasteiger partial charge in [0.1, 0.15) is 17.4 Å². The fraction of sp³-hybridized carbons (Fsp3) is 0.286. The minimum Gasteiger partial charge on any atom is -0.436 e. The number of benzene rings is 1. The number of nitrogens with one attached hydrogen (secondary N) is 1. The summed E-state index contributed by atoms with van der Waals surface area (Å²) in [5, 5.41) is 6.83. The summed E-state index contributed by atoms with van der Waals surface area (Å²) < 4.78 is 21.9. The maximum Gasteiger partial charge on any atom is 0.412 e. The molecule has 2 aromatic heterocycles. The summed E-state index contributed by atoms with van der Waals surface area (Å²) in [5.74, 6) is -0.693. The van der Waals surface area contributed by atoms with E-state index in [-0.39, 0.29) is 57.6 Å². The summed E-state index contributed by atoms with van der Waals surface area (Å²) in [5.41, 5.74) is 5.35. The zero-order chi connectivity index (χ0) is 24.0. The molecule has 1 fully saturated rings. The molecule has 1 atom stereocenters. The van der Waals surface area contributed by atoms with Gasteiger partial charge in [0.2, 0.25) is 5.91 Å². The van der Waals surface area contributed by atoms with Gasteiger partial charge < -0.3 is 15.4 Å². The number of carbonyl (C=O) groups excluding carboxylic acids is 2. The summed E-state index contributed by atoms with van der Waals surface area (Å²) in [6.45, 7) is 0.102. The highest BCUT2D eigenvalue weighted by Crippen LogP contribution is 2.45. The number of piperidine rings is 1. The molecule has 10 nitrogen and oxygen atoms in total. The number of halogens is 3. The molecule has 4 heterocycles. The van der Waals surface area contributed by atoms with E-state index in [1.54, 1.807) is 6.07 Å². The van der Waals surface area contributed by atoms with Crippen LogP contribution in [-0.4, -0.2) is 49.7 Å². The molecule has 3 N–H and O–H groups in total. The number of hydrogen-bond donors (Lipinski definition) is 2. The Labute approximate surface area is 202 Å². The summed E-state index contributed by atoms with van der Waals surface area (Å²) in [6, 6.07) is 4.53. The lowest BCUT2D eigenvalue weighted by molar-refractivity contribution is -0.140. The maximum absolute atomic E-state index is 15.1. The number of likely N-dealkylation sites (tertiary alicyclic amines) is 1. The predicted octanol–water partition coefficient (Wildman–Crippen LogP) is 3.45. The van der Waals surface area contributed by atoms with Crippen molar-refractivity contribution in [3.05, 3.63) is 52.0 Å². The second kappa shape index (κ2) is 8.41. The average molecular weight is 506 g/mol. The lowest BCUT2D eigenvalue weighted by Gasteiger charge is -2.45. The van der Waals surface area contributed by atoms with Crippen molar-refractivity contribution in [1.29, 1.82) is 0 Å². The Hall–Kier alpha value is -3.44. The van der Waals surface area contributed by atoms with E-state index in [0.29, 0.717) is 19.4 Å². The first kappa shape index (κ1) is 22.4. The van der Waals surface area contributed by atoms with E-state index < -0.39 is 17.5 Å². The minimum atomic E-state index is -1.36. The maximum atomic E-state index is 15.1. The van der Waals surface area contributed by atoms with Crippen molar-refractivity contribution < 1.29 is 18.7 Å². The summed E-state index contributed by atoms with van der Waals surface area (Å²) in [4.78, 5) is 35.1. The smallest absolute Gasteiger partial charge is 0.412 e. The fourth-order valence-corrected chi connectivity index (χ4v) is 4.73. The zero-order valence-electron chi connectivity index (χ0n) is 17.6. The van der Waals surface area contributed by atoms with Crippen molar-refractivity contribution >= 4 is 46.7 Å². The molecular weight excluding hydrogens is 488 g/mol. The molecule has 1 aromatic carbocycles. The van der Waals surface area contributed by atoms with E-state index in [9.17, 15) is 9.59 Å². The molecule has 176 valence electrons. The van der Waals surface area contributed by atoms with Crippen molar-refractivity contribution in [1.82, 2.24) is 24.6 Å². The van der Waals surface area contributed by atoms with Crippen molar-refractivity contribution in [2.45, 2.75) is 25.0 Å². The molecule has 3 aromatic rings. The highest BCUT2D eigenvalue weighted by molar-refractivity contribution is 6.35. The first-order valence-electron chi connectivity index (χ1n) is 10.3. The number of rotatable bonds is 3. The molecule has 13 heteroatoms. The van der Waals surface area contributed by atoms with Gasteiger partial charge in [0.15, 0.2) is 22.9 Å². The Morgan fingerprint density at radius 3 is 2.82 bits per heavy atom. The van der Waals surface area contributed by atoms with E-state index in [1.165, 1.54) is 34.1 Å². The van der Waals surface area contributed by atoms with Gasteiger partial charge in [-0.25, -0.2) is 23.8 Å². The van der Waals surface area contributed by atoms with Gasteiger partial charge in [0.25, 0.3) is 0 Å². The molecule has 0 unspecified atom stereocenters. The molecule has 2 aliphatic heterocycles. The van der Waals surface area contributed by atoms with E-state index in [0.717, 1.165) is 0 Å². The van der Waals surface area contributed by atoms with Gasteiger partial charge in [0.05, 0.1) is 22.8 Å². The Morgan fingerprint density at radius 1 is 1.29 bits per heavy atom. The number of nitrogens with two attached hydrogens (primary N) is 1. The number of hydrogen-bond acceptors (Lipinski definition) is 7. The highest BCUT2D eigenvalue weighted by atomic mass is 35.5. The summed E-state index contributed by atoms with van der Waals surface area (Å²) >= 11 is 12.3. The Bertz CT molecular complexity index is 1300. The van der Waals surface area contributed by atoms with Gasteiger partial charge in [-0.15, -0.1) is 0 Å². The van der Waals surface area contributed by atoms with Crippen LogP contribution in [0, 0.1) is 5.82 Å². The Morgan fingerprint density at radius 2 is 2.06 bits per heavy atom. The quantitative estimate of drug-likeness (QED) is 0.557. The van der Waals surface area contributed by atoms with Crippen LogP contribution in [0.4, 0.5) is 20.7 Å². The molecule has 34 heavy (non-hydrogen) atoms. The van der Waals surface area contributed by atoms with E-state index in [4.69, 9.17) is 33.7 Å². The molecular formula is C21H18Cl2FN7O3. The third kappa shape index (κ3) is 3.70. The minimum absolute atomic E-state index is 0.0485. The van der Waals surface area contributed by atoms with Crippen molar-refractivity contribution in [2.24, 2.45) is 0 Å². The number of anilines is 2. The topological polar surface area (TPSA) is 128 Å². The lowest BCUT2D eigenvalue weighted by Crippen LogP contribution is -2.54. The van der Waals surface area contributed by atoms with Crippen LogP contribution in [0.15, 0.2) is 30.6 Å². The first-order valence-corrected chi connectivity index (χ1v) is 11.1. The Kier molecular flexibility index (Phi) is 5.53. The third-order valence-corrected chi connectivity index (χ3v) is 6.54. The normalized spacial score (nSPS) is 19.5. The van der Waals surface area contributed by atoms with Gasteiger partial charge in [-0.1, -0.05) is 23.2 Å². The van der Waals surface area contributed by atoms with Crippen LogP contribution in [0.1, 0.15) is 18.4 Å². The molecule has 1 spiro atoms. The van der Waals surface area contributed by atoms with Crippen LogP contribution < -0.4 is 11.1 Å². The molecule has 0 saturated carbocycles. The molecule has 2 amide bonds. The summed E-state index contributed by atoms with van der Waals surface area (Å²) in [6.07, 6.45) is 3.16. The van der Waals surface area contributed by atoms with Gasteiger partial charge in [-0.2, -0.15) is 5.10 Å². The lowest BCUT2D eigenvalue weighted by atomic mass is 9.83. The molecule has 1 saturated heterocycles. The number of aromatic nitrogens is 4. The molecule has 0 radical (unpaired) electrons. The number of amides is 2. The SMILES string of the molecule is Nc1c(Cl)c(-c2ncccn2)nn1CC(=O)N1CCC[C@@]2(C1)OC(=O)Nc1ccc(Cl)c(F)c12. The van der Waals surface area contributed by atoms with Crippen molar-refractivity contribution in [2.75, 3.05) is 24.1 Å². The molecule has 2 aliphatic rings. The number of nitrogens with zero attached hydrogens (tertiary/aromatic N) is 5. The van der Waals surface area contributed by atoms with Crippen LogP contribution >= 0.6 is 23.2 Å². The number of carbonyl (C=O) groups is 2. The van der Waals surface area contributed by atoms with Crippen LogP contribution in [0.25, 0.3) is 11.5 Å². The predicted molar refractivity (Wildman–Crippen MR) is 122 cm³/mol. The molecule has 0 aliphatic carbocycles. The second-order valence-electron chi connectivity index (χ2n) is 7.99. The standard InChI is InChI=1S/C21H18Cl2FN7O3/c22-11-3-4-12-14(16(11)24)21(34-20(33)28-12)5-1-8-30(10-21)13(32)9-31-18(25)15(23)17(29-31)19-26-6-2-7-27-19/h2-4,6-7H,1,5,8-10,25H2,(H,28,33)/t21-/m0/s1. The van der Waals surface area contributed by atoms with Crippen LogP contribution in [-0.2, 0) is 21.7 Å². The average Bonchev–Trinajstić information content (AvgIpc) is 3.10. The van der Waals surface area contributed by atoms with Crippen LogP contribution in [0.2, 0.25) is 10.0 Å². The number of ether oxygens (including phenoxy) is 1. The third-order valence-electron chi connectivity index (χ3n) is 5.88. The number of fused-ring (bicyclic) bond motifs is 2. The van der Waals surface area contributed by atoms with Gasteiger partial charge in [-0.3, -0.25) is 10.1 Å². The van der Waals surface area contributed by atoms with Gasteiger partial charge in [-0.05, 0) is 31.0 Å².